The highest BCUT2D eigenvalue weighted by Gasteiger charge is 2.18. The zero-order valence-corrected chi connectivity index (χ0v) is 14.0. The number of anilines is 1. The second kappa shape index (κ2) is 6.67. The van der Waals surface area contributed by atoms with Crippen molar-refractivity contribution in [3.63, 3.8) is 0 Å². The van der Waals surface area contributed by atoms with E-state index in [-0.39, 0.29) is 22.5 Å². The number of halogens is 4. The molecule has 3 rings (SSSR count). The number of rotatable bonds is 2. The van der Waals surface area contributed by atoms with E-state index in [1.807, 2.05) is 6.07 Å². The van der Waals surface area contributed by atoms with Gasteiger partial charge >= 0.3 is 0 Å². The van der Waals surface area contributed by atoms with Crippen molar-refractivity contribution in [2.24, 2.45) is 0 Å². The standard InChI is InChI=1S/C18H9Cl2F2N3/c19-9-1-4-15(20)13(5-9)17-7-12(14(8-23)18(24)25-17)11-3-2-10(21)6-16(11)22/h1-7H,(H2,24,25). The van der Waals surface area contributed by atoms with Crippen LogP contribution >= 0.6 is 23.2 Å². The predicted molar refractivity (Wildman–Crippen MR) is 94.2 cm³/mol. The molecule has 0 amide bonds. The van der Waals surface area contributed by atoms with Gasteiger partial charge in [0.1, 0.15) is 29.1 Å². The summed E-state index contributed by atoms with van der Waals surface area (Å²) in [5.41, 5.74) is 6.89. The summed E-state index contributed by atoms with van der Waals surface area (Å²) in [6, 6.07) is 11.2. The molecule has 2 N–H and O–H groups in total. The summed E-state index contributed by atoms with van der Waals surface area (Å²) >= 11 is 12.2. The molecule has 1 heterocycles. The third-order valence-electron chi connectivity index (χ3n) is 3.58. The van der Waals surface area contributed by atoms with Crippen LogP contribution in [-0.2, 0) is 0 Å². The predicted octanol–water partition coefficient (Wildman–Crippen LogP) is 5.45. The van der Waals surface area contributed by atoms with Crippen LogP contribution in [0.15, 0.2) is 42.5 Å². The zero-order chi connectivity index (χ0) is 18.1. The van der Waals surface area contributed by atoms with Crippen LogP contribution in [-0.4, -0.2) is 4.98 Å². The number of nitriles is 1. The van der Waals surface area contributed by atoms with E-state index in [4.69, 9.17) is 28.9 Å². The molecule has 0 saturated carbocycles. The minimum Gasteiger partial charge on any atom is -0.383 e. The Labute approximate surface area is 152 Å². The fraction of sp³-hybridized carbons (Fsp3) is 0. The lowest BCUT2D eigenvalue weighted by Crippen LogP contribution is -2.01. The second-order valence-corrected chi connectivity index (χ2v) is 6.02. The molecule has 0 bridgehead atoms. The minimum atomic E-state index is -0.815. The molecule has 0 aliphatic heterocycles. The van der Waals surface area contributed by atoms with E-state index in [0.29, 0.717) is 21.3 Å². The van der Waals surface area contributed by atoms with Crippen LogP contribution in [0.2, 0.25) is 10.0 Å². The lowest BCUT2D eigenvalue weighted by Gasteiger charge is -2.12. The van der Waals surface area contributed by atoms with Gasteiger partial charge in [-0.2, -0.15) is 5.26 Å². The van der Waals surface area contributed by atoms with Gasteiger partial charge in [0, 0.05) is 27.8 Å². The van der Waals surface area contributed by atoms with Crippen molar-refractivity contribution in [3.8, 4) is 28.5 Å². The van der Waals surface area contributed by atoms with Gasteiger partial charge in [-0.25, -0.2) is 13.8 Å². The molecule has 0 unspecified atom stereocenters. The third-order valence-corrected chi connectivity index (χ3v) is 4.15. The van der Waals surface area contributed by atoms with E-state index in [2.05, 4.69) is 4.98 Å². The Hall–Kier alpha value is -2.68. The maximum absolute atomic E-state index is 14.2. The first kappa shape index (κ1) is 17.2. The first-order chi connectivity index (χ1) is 11.9. The van der Waals surface area contributed by atoms with Crippen LogP contribution in [0.3, 0.4) is 0 Å². The highest BCUT2D eigenvalue weighted by molar-refractivity contribution is 6.35. The number of nitrogen functional groups attached to an aromatic ring is 1. The topological polar surface area (TPSA) is 62.7 Å². The van der Waals surface area contributed by atoms with Crippen molar-refractivity contribution >= 4 is 29.0 Å². The number of hydrogen-bond donors (Lipinski definition) is 1. The Morgan fingerprint density at radius 2 is 1.72 bits per heavy atom. The summed E-state index contributed by atoms with van der Waals surface area (Å²) in [4.78, 5) is 4.17. The average molecular weight is 376 g/mol. The summed E-state index contributed by atoms with van der Waals surface area (Å²) < 4.78 is 27.4. The van der Waals surface area contributed by atoms with E-state index < -0.39 is 11.6 Å². The lowest BCUT2D eigenvalue weighted by molar-refractivity contribution is 0.585. The third kappa shape index (κ3) is 3.27. The summed E-state index contributed by atoms with van der Waals surface area (Å²) in [6.07, 6.45) is 0. The van der Waals surface area contributed by atoms with Gasteiger partial charge in [-0.15, -0.1) is 0 Å². The fourth-order valence-electron chi connectivity index (χ4n) is 2.43. The Kier molecular flexibility index (Phi) is 4.58. The monoisotopic (exact) mass is 375 g/mol. The molecular weight excluding hydrogens is 367 g/mol. The van der Waals surface area contributed by atoms with Crippen molar-refractivity contribution < 1.29 is 8.78 Å². The highest BCUT2D eigenvalue weighted by atomic mass is 35.5. The number of benzene rings is 2. The van der Waals surface area contributed by atoms with E-state index in [9.17, 15) is 14.0 Å². The molecular formula is C18H9Cl2F2N3. The van der Waals surface area contributed by atoms with E-state index in [1.54, 1.807) is 18.2 Å². The lowest BCUT2D eigenvalue weighted by atomic mass is 9.98. The van der Waals surface area contributed by atoms with Gasteiger partial charge in [0.05, 0.1) is 10.7 Å². The van der Waals surface area contributed by atoms with E-state index >= 15 is 0 Å². The van der Waals surface area contributed by atoms with Crippen molar-refractivity contribution in [2.75, 3.05) is 5.73 Å². The molecule has 0 atom stereocenters. The molecule has 0 aliphatic carbocycles. The molecule has 3 aromatic rings. The molecule has 0 spiro atoms. The molecule has 1 aromatic heterocycles. The molecule has 3 nitrogen and oxygen atoms in total. The summed E-state index contributed by atoms with van der Waals surface area (Å²) in [6.45, 7) is 0. The van der Waals surface area contributed by atoms with Crippen LogP contribution in [0.4, 0.5) is 14.6 Å². The van der Waals surface area contributed by atoms with Crippen molar-refractivity contribution in [1.29, 1.82) is 5.26 Å². The van der Waals surface area contributed by atoms with Crippen LogP contribution in [0.1, 0.15) is 5.56 Å². The van der Waals surface area contributed by atoms with Crippen LogP contribution < -0.4 is 5.73 Å². The first-order valence-corrected chi connectivity index (χ1v) is 7.77. The summed E-state index contributed by atoms with van der Waals surface area (Å²) in [7, 11) is 0. The van der Waals surface area contributed by atoms with E-state index in [1.165, 1.54) is 12.1 Å². The fourth-order valence-corrected chi connectivity index (χ4v) is 2.82. The Balaban J connectivity index is 2.30. The highest BCUT2D eigenvalue weighted by Crippen LogP contribution is 2.36. The number of hydrogen-bond acceptors (Lipinski definition) is 3. The first-order valence-electron chi connectivity index (χ1n) is 7.02. The van der Waals surface area contributed by atoms with Crippen LogP contribution in [0, 0.1) is 23.0 Å². The van der Waals surface area contributed by atoms with Gasteiger partial charge in [0.25, 0.3) is 0 Å². The molecule has 0 fully saturated rings. The van der Waals surface area contributed by atoms with Gasteiger partial charge in [0.2, 0.25) is 0 Å². The van der Waals surface area contributed by atoms with Gasteiger partial charge in [0.15, 0.2) is 0 Å². The van der Waals surface area contributed by atoms with Gasteiger partial charge in [-0.1, -0.05) is 23.2 Å². The van der Waals surface area contributed by atoms with Gasteiger partial charge in [-0.05, 0) is 36.4 Å². The minimum absolute atomic E-state index is 0.00703. The smallest absolute Gasteiger partial charge is 0.142 e. The number of aromatic nitrogens is 1. The summed E-state index contributed by atoms with van der Waals surface area (Å²) in [5.74, 6) is -1.63. The zero-order valence-electron chi connectivity index (χ0n) is 12.5. The molecule has 0 radical (unpaired) electrons. The Morgan fingerprint density at radius 3 is 2.40 bits per heavy atom. The van der Waals surface area contributed by atoms with Crippen molar-refractivity contribution in [2.45, 2.75) is 0 Å². The second-order valence-electron chi connectivity index (χ2n) is 5.18. The molecule has 2 aromatic carbocycles. The van der Waals surface area contributed by atoms with Crippen molar-refractivity contribution in [1.82, 2.24) is 4.98 Å². The average Bonchev–Trinajstić information content (AvgIpc) is 2.56. The molecule has 0 aliphatic rings. The molecule has 7 heteroatoms. The quantitative estimate of drug-likeness (QED) is 0.647. The largest absolute Gasteiger partial charge is 0.383 e. The van der Waals surface area contributed by atoms with Crippen LogP contribution in [0.5, 0.6) is 0 Å². The van der Waals surface area contributed by atoms with Crippen molar-refractivity contribution in [3.05, 3.63) is 69.7 Å². The number of nitrogens with zero attached hydrogens (tertiary/aromatic N) is 2. The van der Waals surface area contributed by atoms with Gasteiger partial charge in [-0.3, -0.25) is 0 Å². The summed E-state index contributed by atoms with van der Waals surface area (Å²) in [5, 5.41) is 10.1. The molecule has 0 saturated heterocycles. The Morgan fingerprint density at radius 1 is 0.960 bits per heavy atom. The number of nitrogens with two attached hydrogens (primary N) is 1. The molecule has 124 valence electrons. The van der Waals surface area contributed by atoms with Gasteiger partial charge < -0.3 is 5.73 Å². The Bertz CT molecular complexity index is 1030. The maximum atomic E-state index is 14.2. The molecule has 25 heavy (non-hydrogen) atoms. The van der Waals surface area contributed by atoms with Crippen LogP contribution in [0.25, 0.3) is 22.4 Å². The SMILES string of the molecule is N#Cc1c(-c2ccc(F)cc2F)cc(-c2cc(Cl)ccc2Cl)nc1N. The normalized spacial score (nSPS) is 10.5. The maximum Gasteiger partial charge on any atom is 0.142 e. The van der Waals surface area contributed by atoms with E-state index in [0.717, 1.165) is 12.1 Å². The number of pyridine rings is 1.